The summed E-state index contributed by atoms with van der Waals surface area (Å²) >= 11 is 0. The molecule has 0 fully saturated rings. The van der Waals surface area contributed by atoms with Crippen LogP contribution < -0.4 is 15.9 Å². The van der Waals surface area contributed by atoms with Crippen LogP contribution in [0.5, 0.6) is 5.75 Å². The molecule has 1 aliphatic heterocycles. The van der Waals surface area contributed by atoms with E-state index in [2.05, 4.69) is 10.5 Å². The van der Waals surface area contributed by atoms with E-state index in [1.165, 1.54) is 0 Å². The number of nitrogens with two attached hydrogens (primary N) is 1. The van der Waals surface area contributed by atoms with Crippen LogP contribution in [0.25, 0.3) is 0 Å². The second-order valence-electron chi connectivity index (χ2n) is 5.08. The molecule has 116 valence electrons. The van der Waals surface area contributed by atoms with E-state index >= 15 is 0 Å². The molecule has 0 spiro atoms. The Kier molecular flexibility index (Phi) is 4.05. The molecule has 0 aliphatic carbocycles. The lowest BCUT2D eigenvalue weighted by Gasteiger charge is -2.27. The summed E-state index contributed by atoms with van der Waals surface area (Å²) in [6, 6.07) is 17.2. The standard InChI is InChI=1S/C17H15N3O3/c18-16(21)17(22)20-19-13-10-15(11-6-2-1-3-7-11)23-14-9-5-4-8-12(13)14/h1-9,15H,10H2,(H2,18,21)(H,20,22)/b19-13-/t15-/m1/s1. The number of para-hydroxylation sites is 1. The minimum Gasteiger partial charge on any atom is -0.485 e. The molecule has 2 aromatic rings. The van der Waals surface area contributed by atoms with Crippen molar-refractivity contribution in [3.8, 4) is 5.75 Å². The molecule has 0 aromatic heterocycles. The van der Waals surface area contributed by atoms with E-state index in [4.69, 9.17) is 10.5 Å². The minimum atomic E-state index is -1.07. The summed E-state index contributed by atoms with van der Waals surface area (Å²) in [7, 11) is 0. The number of nitrogens with one attached hydrogen (secondary N) is 1. The van der Waals surface area contributed by atoms with Gasteiger partial charge >= 0.3 is 11.8 Å². The summed E-state index contributed by atoms with van der Waals surface area (Å²) in [4.78, 5) is 22.1. The number of hydrogen-bond acceptors (Lipinski definition) is 4. The van der Waals surface area contributed by atoms with Crippen LogP contribution in [0, 0.1) is 0 Å². The van der Waals surface area contributed by atoms with Gasteiger partial charge in [0.1, 0.15) is 11.9 Å². The third kappa shape index (κ3) is 3.21. The van der Waals surface area contributed by atoms with Crippen LogP contribution in [0.3, 0.4) is 0 Å². The number of fused-ring (bicyclic) bond motifs is 1. The zero-order valence-corrected chi connectivity index (χ0v) is 12.2. The first-order chi connectivity index (χ1) is 11.1. The van der Waals surface area contributed by atoms with Gasteiger partial charge in [-0.3, -0.25) is 9.59 Å². The number of benzene rings is 2. The van der Waals surface area contributed by atoms with Gasteiger partial charge in [-0.2, -0.15) is 5.10 Å². The second-order valence-corrected chi connectivity index (χ2v) is 5.08. The SMILES string of the molecule is NC(=O)C(=O)N/N=C1/C[C@H](c2ccccc2)Oc2ccccc21. The first-order valence-corrected chi connectivity index (χ1v) is 7.12. The van der Waals surface area contributed by atoms with Gasteiger partial charge in [-0.15, -0.1) is 0 Å². The van der Waals surface area contributed by atoms with E-state index in [0.717, 1.165) is 11.1 Å². The highest BCUT2D eigenvalue weighted by molar-refractivity contribution is 6.34. The molecule has 0 saturated heterocycles. The number of amides is 2. The van der Waals surface area contributed by atoms with E-state index in [0.29, 0.717) is 17.9 Å². The van der Waals surface area contributed by atoms with Crippen LogP contribution in [0.2, 0.25) is 0 Å². The molecule has 1 atom stereocenters. The van der Waals surface area contributed by atoms with Crippen LogP contribution >= 0.6 is 0 Å². The van der Waals surface area contributed by atoms with E-state index < -0.39 is 11.8 Å². The zero-order valence-electron chi connectivity index (χ0n) is 12.2. The molecule has 3 rings (SSSR count). The Hall–Kier alpha value is -3.15. The van der Waals surface area contributed by atoms with Crippen molar-refractivity contribution in [2.75, 3.05) is 0 Å². The largest absolute Gasteiger partial charge is 0.485 e. The lowest BCUT2D eigenvalue weighted by atomic mass is 9.96. The second kappa shape index (κ2) is 6.31. The lowest BCUT2D eigenvalue weighted by molar-refractivity contribution is -0.137. The fraction of sp³-hybridized carbons (Fsp3) is 0.118. The number of hydrogen-bond donors (Lipinski definition) is 2. The molecule has 6 heteroatoms. The quantitative estimate of drug-likeness (QED) is 0.650. The van der Waals surface area contributed by atoms with Gasteiger partial charge in [-0.05, 0) is 17.7 Å². The number of carbonyl (C=O) groups excluding carboxylic acids is 2. The Labute approximate surface area is 132 Å². The Balaban J connectivity index is 1.93. The van der Waals surface area contributed by atoms with Gasteiger partial charge < -0.3 is 10.5 Å². The monoisotopic (exact) mass is 309 g/mol. The Bertz CT molecular complexity index is 772. The molecule has 2 aromatic carbocycles. The summed E-state index contributed by atoms with van der Waals surface area (Å²) in [5.41, 5.74) is 9.53. The average molecular weight is 309 g/mol. The molecule has 0 radical (unpaired) electrons. The maximum atomic E-state index is 11.3. The first kappa shape index (κ1) is 14.8. The number of hydrazone groups is 1. The van der Waals surface area contributed by atoms with Gasteiger partial charge in [0.15, 0.2) is 0 Å². The molecule has 3 N–H and O–H groups in total. The number of nitrogens with zero attached hydrogens (tertiary/aromatic N) is 1. The summed E-state index contributed by atoms with van der Waals surface area (Å²) in [6.07, 6.45) is 0.260. The zero-order chi connectivity index (χ0) is 16.2. The normalized spacial score (nSPS) is 17.9. The molecule has 1 heterocycles. The molecule has 0 bridgehead atoms. The Morgan fingerprint density at radius 3 is 2.52 bits per heavy atom. The van der Waals surface area contributed by atoms with E-state index in [1.807, 2.05) is 54.6 Å². The van der Waals surface area contributed by atoms with Crippen LogP contribution in [0.15, 0.2) is 59.7 Å². The lowest BCUT2D eigenvalue weighted by Crippen LogP contribution is -2.34. The number of ether oxygens (including phenoxy) is 1. The van der Waals surface area contributed by atoms with Gasteiger partial charge in [0.05, 0.1) is 5.71 Å². The smallest absolute Gasteiger partial charge is 0.329 e. The maximum Gasteiger partial charge on any atom is 0.329 e. The van der Waals surface area contributed by atoms with Crippen molar-refractivity contribution < 1.29 is 14.3 Å². The molecular weight excluding hydrogens is 294 g/mol. The fourth-order valence-electron chi connectivity index (χ4n) is 2.42. The summed E-state index contributed by atoms with van der Waals surface area (Å²) in [5, 5.41) is 4.06. The van der Waals surface area contributed by atoms with Crippen molar-refractivity contribution in [1.82, 2.24) is 5.43 Å². The highest BCUT2D eigenvalue weighted by Gasteiger charge is 2.26. The predicted molar refractivity (Wildman–Crippen MR) is 84.7 cm³/mol. The molecule has 2 amide bonds. The van der Waals surface area contributed by atoms with Crippen molar-refractivity contribution in [2.24, 2.45) is 10.8 Å². The molecular formula is C17H15N3O3. The van der Waals surface area contributed by atoms with Crippen molar-refractivity contribution in [3.63, 3.8) is 0 Å². The van der Waals surface area contributed by atoms with Gasteiger partial charge in [-0.25, -0.2) is 5.43 Å². The van der Waals surface area contributed by atoms with Crippen LogP contribution in [-0.4, -0.2) is 17.5 Å². The van der Waals surface area contributed by atoms with Crippen LogP contribution in [0.4, 0.5) is 0 Å². The molecule has 1 aliphatic rings. The minimum absolute atomic E-state index is 0.213. The molecule has 0 saturated carbocycles. The number of rotatable bonds is 2. The van der Waals surface area contributed by atoms with Gasteiger partial charge in [0, 0.05) is 12.0 Å². The summed E-state index contributed by atoms with van der Waals surface area (Å²) in [5.74, 6) is -1.34. The van der Waals surface area contributed by atoms with Crippen molar-refractivity contribution >= 4 is 17.5 Å². The molecule has 6 nitrogen and oxygen atoms in total. The average Bonchev–Trinajstić information content (AvgIpc) is 2.59. The maximum absolute atomic E-state index is 11.3. The van der Waals surface area contributed by atoms with Crippen molar-refractivity contribution in [2.45, 2.75) is 12.5 Å². The van der Waals surface area contributed by atoms with Gasteiger partial charge in [0.25, 0.3) is 0 Å². The van der Waals surface area contributed by atoms with E-state index in [-0.39, 0.29) is 6.10 Å². The van der Waals surface area contributed by atoms with Crippen LogP contribution in [0.1, 0.15) is 23.7 Å². The number of primary amides is 1. The molecule has 0 unspecified atom stereocenters. The molecule has 23 heavy (non-hydrogen) atoms. The Morgan fingerprint density at radius 1 is 1.09 bits per heavy atom. The van der Waals surface area contributed by atoms with E-state index in [1.54, 1.807) is 0 Å². The summed E-state index contributed by atoms with van der Waals surface area (Å²) in [6.45, 7) is 0. The van der Waals surface area contributed by atoms with Crippen molar-refractivity contribution in [1.29, 1.82) is 0 Å². The first-order valence-electron chi connectivity index (χ1n) is 7.12. The third-order valence-electron chi connectivity index (χ3n) is 3.53. The highest BCUT2D eigenvalue weighted by Crippen LogP contribution is 2.34. The fourth-order valence-corrected chi connectivity index (χ4v) is 2.42. The van der Waals surface area contributed by atoms with Crippen LogP contribution in [-0.2, 0) is 9.59 Å². The third-order valence-corrected chi connectivity index (χ3v) is 3.53. The topological polar surface area (TPSA) is 93.8 Å². The number of carbonyl (C=O) groups is 2. The van der Waals surface area contributed by atoms with Gasteiger partial charge in [0.2, 0.25) is 0 Å². The van der Waals surface area contributed by atoms with E-state index in [9.17, 15) is 9.59 Å². The highest BCUT2D eigenvalue weighted by atomic mass is 16.5. The van der Waals surface area contributed by atoms with Gasteiger partial charge in [-0.1, -0.05) is 42.5 Å². The van der Waals surface area contributed by atoms with Crippen molar-refractivity contribution in [3.05, 3.63) is 65.7 Å². The Morgan fingerprint density at radius 2 is 1.78 bits per heavy atom. The summed E-state index contributed by atoms with van der Waals surface area (Å²) < 4.78 is 6.02. The predicted octanol–water partition coefficient (Wildman–Crippen LogP) is 1.52.